The van der Waals surface area contributed by atoms with Gasteiger partial charge in [0.25, 0.3) is 0 Å². The second-order valence-electron chi connectivity index (χ2n) is 6.02. The van der Waals surface area contributed by atoms with Crippen LogP contribution in [0.25, 0.3) is 0 Å². The van der Waals surface area contributed by atoms with Gasteiger partial charge >= 0.3 is 0 Å². The summed E-state index contributed by atoms with van der Waals surface area (Å²) in [4.78, 5) is 0.267. The number of hydrogen-bond donors (Lipinski definition) is 2. The van der Waals surface area contributed by atoms with Crippen LogP contribution >= 0.6 is 15.9 Å². The van der Waals surface area contributed by atoms with Gasteiger partial charge in [-0.1, -0.05) is 26.3 Å². The highest BCUT2D eigenvalue weighted by atomic mass is 79.9. The topological polar surface area (TPSA) is 72.2 Å². The van der Waals surface area contributed by atoms with Crippen LogP contribution in [0.1, 0.15) is 38.7 Å². The molecular formula is C14H21BrN2O2S. The van der Waals surface area contributed by atoms with E-state index in [0.717, 1.165) is 24.8 Å². The molecule has 0 radical (unpaired) electrons. The first-order valence-corrected chi connectivity index (χ1v) is 9.05. The molecule has 0 amide bonds. The molecule has 3 N–H and O–H groups in total. The lowest BCUT2D eigenvalue weighted by Crippen LogP contribution is -2.41. The molecule has 0 spiro atoms. The first-order valence-electron chi connectivity index (χ1n) is 6.77. The summed E-state index contributed by atoms with van der Waals surface area (Å²) in [5.41, 5.74) is 6.40. The van der Waals surface area contributed by atoms with Crippen LogP contribution in [0.2, 0.25) is 0 Å². The Morgan fingerprint density at radius 1 is 1.45 bits per heavy atom. The lowest BCUT2D eigenvalue weighted by molar-refractivity contribution is 0.313. The molecule has 0 aliphatic heterocycles. The molecule has 2 rings (SSSR count). The number of rotatable bonds is 4. The van der Waals surface area contributed by atoms with Gasteiger partial charge < -0.3 is 5.73 Å². The molecule has 0 bridgehead atoms. The molecule has 1 atom stereocenters. The first-order chi connectivity index (χ1) is 9.26. The molecule has 112 valence electrons. The predicted molar refractivity (Wildman–Crippen MR) is 83.8 cm³/mol. The maximum absolute atomic E-state index is 12.6. The third kappa shape index (κ3) is 3.24. The van der Waals surface area contributed by atoms with Gasteiger partial charge in [0.1, 0.15) is 0 Å². The molecule has 1 aromatic rings. The predicted octanol–water partition coefficient (Wildman–Crippen LogP) is 2.76. The summed E-state index contributed by atoms with van der Waals surface area (Å²) >= 11 is 3.31. The van der Waals surface area contributed by atoms with Crippen LogP contribution in [-0.2, 0) is 16.6 Å². The highest BCUT2D eigenvalue weighted by molar-refractivity contribution is 9.10. The smallest absolute Gasteiger partial charge is 0.241 e. The van der Waals surface area contributed by atoms with E-state index in [4.69, 9.17) is 5.73 Å². The molecule has 4 nitrogen and oxygen atoms in total. The van der Waals surface area contributed by atoms with Crippen LogP contribution in [0.3, 0.4) is 0 Å². The second kappa shape index (κ2) is 5.75. The Balaban J connectivity index is 2.31. The van der Waals surface area contributed by atoms with Crippen molar-refractivity contribution in [2.24, 2.45) is 11.1 Å². The van der Waals surface area contributed by atoms with Crippen LogP contribution < -0.4 is 10.5 Å². The molecule has 6 heteroatoms. The third-order valence-electron chi connectivity index (χ3n) is 4.08. The van der Waals surface area contributed by atoms with E-state index in [2.05, 4.69) is 34.5 Å². The van der Waals surface area contributed by atoms with Gasteiger partial charge in [-0.25, -0.2) is 13.1 Å². The van der Waals surface area contributed by atoms with Crippen LogP contribution in [-0.4, -0.2) is 14.5 Å². The molecule has 1 fully saturated rings. The lowest BCUT2D eigenvalue weighted by Gasteiger charge is -2.27. The molecule has 1 aliphatic rings. The summed E-state index contributed by atoms with van der Waals surface area (Å²) in [6.07, 6.45) is 2.99. The van der Waals surface area contributed by atoms with E-state index < -0.39 is 10.0 Å². The summed E-state index contributed by atoms with van der Waals surface area (Å²) < 4.78 is 28.6. The number of benzene rings is 1. The van der Waals surface area contributed by atoms with Crippen molar-refractivity contribution in [3.63, 3.8) is 0 Å². The minimum Gasteiger partial charge on any atom is -0.326 e. The van der Waals surface area contributed by atoms with Gasteiger partial charge in [0.05, 0.1) is 4.90 Å². The summed E-state index contributed by atoms with van der Waals surface area (Å²) in [6, 6.07) is 5.17. The molecule has 1 aliphatic carbocycles. The largest absolute Gasteiger partial charge is 0.326 e. The third-order valence-corrected chi connectivity index (χ3v) is 6.54. The molecule has 1 aromatic carbocycles. The Morgan fingerprint density at radius 3 is 2.70 bits per heavy atom. The Bertz CT molecular complexity index is 599. The average molecular weight is 361 g/mol. The van der Waals surface area contributed by atoms with Crippen molar-refractivity contribution in [3.05, 3.63) is 28.2 Å². The fourth-order valence-corrected chi connectivity index (χ4v) is 5.13. The lowest BCUT2D eigenvalue weighted by atomic mass is 9.88. The van der Waals surface area contributed by atoms with Crippen molar-refractivity contribution in [3.8, 4) is 0 Å². The number of sulfonamides is 1. The monoisotopic (exact) mass is 360 g/mol. The summed E-state index contributed by atoms with van der Waals surface area (Å²) in [7, 11) is -3.53. The Labute approximate surface area is 129 Å². The summed E-state index contributed by atoms with van der Waals surface area (Å²) in [5.74, 6) is 0. The number of nitrogens with one attached hydrogen (secondary N) is 1. The highest BCUT2D eigenvalue weighted by Crippen LogP contribution is 2.38. The number of hydrogen-bond acceptors (Lipinski definition) is 3. The maximum Gasteiger partial charge on any atom is 0.241 e. The van der Waals surface area contributed by atoms with Crippen molar-refractivity contribution < 1.29 is 8.42 Å². The molecule has 0 saturated heterocycles. The summed E-state index contributed by atoms with van der Waals surface area (Å²) in [5, 5.41) is 0. The van der Waals surface area contributed by atoms with Gasteiger partial charge in [-0.2, -0.15) is 0 Å². The molecular weight excluding hydrogens is 340 g/mol. The van der Waals surface area contributed by atoms with Gasteiger partial charge in [-0.15, -0.1) is 0 Å². The molecule has 1 saturated carbocycles. The van der Waals surface area contributed by atoms with Gasteiger partial charge in [0, 0.05) is 17.1 Å². The van der Waals surface area contributed by atoms with E-state index in [1.165, 1.54) is 0 Å². The van der Waals surface area contributed by atoms with Crippen molar-refractivity contribution >= 4 is 26.0 Å². The van der Waals surface area contributed by atoms with Crippen molar-refractivity contribution in [2.45, 2.75) is 50.6 Å². The SMILES string of the molecule is CC1(C)CCCC1NS(=O)(=O)c1cc(CN)ccc1Br. The standard InChI is InChI=1S/C14H21BrN2O2S/c1-14(2)7-3-4-13(14)17-20(18,19)12-8-10(9-16)5-6-11(12)15/h5-6,8,13,17H,3-4,7,9,16H2,1-2H3. The number of halogens is 1. The first kappa shape index (κ1) is 15.9. The Morgan fingerprint density at radius 2 is 2.15 bits per heavy atom. The zero-order valence-corrected chi connectivity index (χ0v) is 14.2. The molecule has 20 heavy (non-hydrogen) atoms. The zero-order valence-electron chi connectivity index (χ0n) is 11.8. The van der Waals surface area contributed by atoms with Gasteiger partial charge in [0.15, 0.2) is 0 Å². The van der Waals surface area contributed by atoms with Crippen LogP contribution in [0.4, 0.5) is 0 Å². The fraction of sp³-hybridized carbons (Fsp3) is 0.571. The van der Waals surface area contributed by atoms with E-state index >= 15 is 0 Å². The van der Waals surface area contributed by atoms with Crippen molar-refractivity contribution in [1.29, 1.82) is 0 Å². The van der Waals surface area contributed by atoms with Gasteiger partial charge in [-0.05, 0) is 51.9 Å². The fourth-order valence-electron chi connectivity index (χ4n) is 2.68. The van der Waals surface area contributed by atoms with E-state index in [-0.39, 0.29) is 16.4 Å². The van der Waals surface area contributed by atoms with E-state index in [0.29, 0.717) is 11.0 Å². The van der Waals surface area contributed by atoms with E-state index in [1.807, 2.05) is 6.07 Å². The highest BCUT2D eigenvalue weighted by Gasteiger charge is 2.37. The van der Waals surface area contributed by atoms with E-state index in [9.17, 15) is 8.42 Å². The quantitative estimate of drug-likeness (QED) is 0.866. The van der Waals surface area contributed by atoms with Crippen LogP contribution in [0.15, 0.2) is 27.6 Å². The van der Waals surface area contributed by atoms with E-state index in [1.54, 1.807) is 12.1 Å². The van der Waals surface area contributed by atoms with Crippen LogP contribution in [0, 0.1) is 5.41 Å². The molecule has 0 heterocycles. The second-order valence-corrected chi connectivity index (χ2v) is 8.56. The average Bonchev–Trinajstić information content (AvgIpc) is 2.68. The van der Waals surface area contributed by atoms with Crippen molar-refractivity contribution in [1.82, 2.24) is 4.72 Å². The Kier molecular flexibility index (Phi) is 4.59. The van der Waals surface area contributed by atoms with Gasteiger partial charge in [-0.3, -0.25) is 0 Å². The Hall–Kier alpha value is -0.430. The van der Waals surface area contributed by atoms with Crippen molar-refractivity contribution in [2.75, 3.05) is 0 Å². The summed E-state index contributed by atoms with van der Waals surface area (Å²) in [6.45, 7) is 4.54. The zero-order chi connectivity index (χ0) is 15.0. The molecule has 1 unspecified atom stereocenters. The molecule has 0 aromatic heterocycles. The minimum absolute atomic E-state index is 0.00498. The minimum atomic E-state index is -3.53. The van der Waals surface area contributed by atoms with Crippen LogP contribution in [0.5, 0.6) is 0 Å². The maximum atomic E-state index is 12.6. The van der Waals surface area contributed by atoms with Gasteiger partial charge in [0.2, 0.25) is 10.0 Å². The number of nitrogens with two attached hydrogens (primary N) is 1. The normalized spacial score (nSPS) is 22.1.